The van der Waals surface area contributed by atoms with Gasteiger partial charge in [-0.3, -0.25) is 4.98 Å². The van der Waals surface area contributed by atoms with Gasteiger partial charge in [-0.25, -0.2) is 4.98 Å². The van der Waals surface area contributed by atoms with E-state index in [4.69, 9.17) is 0 Å². The monoisotopic (exact) mass is 321 g/mol. The van der Waals surface area contributed by atoms with E-state index in [1.54, 1.807) is 24.5 Å². The van der Waals surface area contributed by atoms with E-state index in [9.17, 15) is 10.2 Å². The van der Waals surface area contributed by atoms with Crippen LogP contribution in [0.1, 0.15) is 51.8 Å². The predicted octanol–water partition coefficient (Wildman–Crippen LogP) is 2.90. The summed E-state index contributed by atoms with van der Waals surface area (Å²) in [5.74, 6) is 0.153. The standard InChI is InChI=1S/C16H23N3O2S/c1-5-14(16-19-9(2)11(4)22-16)18-7-13-12(8-20)6-17-10(3)15(13)21/h6,14,18,20-21H,5,7-8H2,1-4H3. The van der Waals surface area contributed by atoms with Crippen molar-refractivity contribution in [2.75, 3.05) is 0 Å². The number of aliphatic hydroxyl groups excluding tert-OH is 1. The number of aliphatic hydroxyl groups is 1. The lowest BCUT2D eigenvalue weighted by Gasteiger charge is -2.17. The van der Waals surface area contributed by atoms with Crippen molar-refractivity contribution in [3.8, 4) is 5.75 Å². The number of hydrogen-bond donors (Lipinski definition) is 3. The molecule has 0 amide bonds. The number of aryl methyl sites for hydroxylation is 3. The maximum atomic E-state index is 10.2. The normalized spacial score (nSPS) is 12.6. The Morgan fingerprint density at radius 3 is 2.55 bits per heavy atom. The van der Waals surface area contributed by atoms with Gasteiger partial charge in [-0.05, 0) is 27.2 Å². The molecule has 2 heterocycles. The third kappa shape index (κ3) is 3.45. The molecule has 1 atom stereocenters. The lowest BCUT2D eigenvalue weighted by atomic mass is 10.1. The van der Waals surface area contributed by atoms with Gasteiger partial charge in [0.15, 0.2) is 0 Å². The molecule has 2 aromatic rings. The lowest BCUT2D eigenvalue weighted by molar-refractivity contribution is 0.278. The number of aromatic hydroxyl groups is 1. The van der Waals surface area contributed by atoms with Crippen molar-refractivity contribution >= 4 is 11.3 Å². The van der Waals surface area contributed by atoms with Crippen LogP contribution in [0.3, 0.4) is 0 Å². The molecule has 0 aliphatic carbocycles. The van der Waals surface area contributed by atoms with E-state index in [0.29, 0.717) is 23.4 Å². The van der Waals surface area contributed by atoms with E-state index in [1.165, 1.54) is 4.88 Å². The molecule has 0 spiro atoms. The average Bonchev–Trinajstić information content (AvgIpc) is 2.83. The van der Waals surface area contributed by atoms with Crippen molar-refractivity contribution in [3.63, 3.8) is 0 Å². The molecule has 5 nitrogen and oxygen atoms in total. The Labute approximate surface area is 135 Å². The molecule has 6 heteroatoms. The third-order valence-electron chi connectivity index (χ3n) is 3.88. The van der Waals surface area contributed by atoms with Gasteiger partial charge in [-0.1, -0.05) is 6.92 Å². The fourth-order valence-electron chi connectivity index (χ4n) is 2.30. The Hall–Kier alpha value is -1.50. The average molecular weight is 321 g/mol. The van der Waals surface area contributed by atoms with Crippen LogP contribution in [-0.4, -0.2) is 20.2 Å². The number of rotatable bonds is 6. The van der Waals surface area contributed by atoms with Crippen LogP contribution in [0.2, 0.25) is 0 Å². The summed E-state index contributed by atoms with van der Waals surface area (Å²) in [6, 6.07) is 0.136. The van der Waals surface area contributed by atoms with E-state index < -0.39 is 0 Å². The van der Waals surface area contributed by atoms with E-state index >= 15 is 0 Å². The van der Waals surface area contributed by atoms with Gasteiger partial charge in [0.05, 0.1) is 24.0 Å². The van der Waals surface area contributed by atoms with Gasteiger partial charge in [0.25, 0.3) is 0 Å². The highest BCUT2D eigenvalue weighted by Gasteiger charge is 2.17. The van der Waals surface area contributed by atoms with E-state index in [0.717, 1.165) is 17.1 Å². The minimum absolute atomic E-state index is 0.135. The van der Waals surface area contributed by atoms with Crippen molar-refractivity contribution in [2.24, 2.45) is 0 Å². The first-order valence-corrected chi connectivity index (χ1v) is 8.24. The predicted molar refractivity (Wildman–Crippen MR) is 88.0 cm³/mol. The number of pyridine rings is 1. The molecular weight excluding hydrogens is 298 g/mol. The van der Waals surface area contributed by atoms with Crippen LogP contribution in [0.4, 0.5) is 0 Å². The maximum Gasteiger partial charge on any atom is 0.141 e. The van der Waals surface area contributed by atoms with Gasteiger partial charge in [-0.15, -0.1) is 11.3 Å². The number of aromatic nitrogens is 2. The van der Waals surface area contributed by atoms with Crippen LogP contribution in [0.15, 0.2) is 6.20 Å². The molecule has 0 saturated heterocycles. The van der Waals surface area contributed by atoms with Crippen LogP contribution >= 0.6 is 11.3 Å². The molecule has 0 aliphatic rings. The highest BCUT2D eigenvalue weighted by molar-refractivity contribution is 7.11. The van der Waals surface area contributed by atoms with Crippen molar-refractivity contribution < 1.29 is 10.2 Å². The van der Waals surface area contributed by atoms with Crippen molar-refractivity contribution in [2.45, 2.75) is 53.3 Å². The number of nitrogens with zero attached hydrogens (tertiary/aromatic N) is 2. The van der Waals surface area contributed by atoms with Crippen molar-refractivity contribution in [3.05, 3.63) is 38.6 Å². The fraction of sp³-hybridized carbons (Fsp3) is 0.500. The first kappa shape index (κ1) is 16.9. The summed E-state index contributed by atoms with van der Waals surface area (Å²) in [6.07, 6.45) is 2.52. The summed E-state index contributed by atoms with van der Waals surface area (Å²) in [5.41, 5.74) is 3.00. The van der Waals surface area contributed by atoms with Crippen LogP contribution in [0.5, 0.6) is 5.75 Å². The second-order valence-corrected chi connectivity index (χ2v) is 6.62. The van der Waals surface area contributed by atoms with Crippen LogP contribution in [0, 0.1) is 20.8 Å². The highest BCUT2D eigenvalue weighted by Crippen LogP contribution is 2.28. The number of thiazole rings is 1. The Balaban J connectivity index is 2.19. The molecule has 0 fully saturated rings. The summed E-state index contributed by atoms with van der Waals surface area (Å²) in [5, 5.41) is 24.1. The molecule has 0 saturated carbocycles. The maximum absolute atomic E-state index is 10.2. The third-order valence-corrected chi connectivity index (χ3v) is 5.06. The largest absolute Gasteiger partial charge is 0.506 e. The molecule has 1 unspecified atom stereocenters. The quantitative estimate of drug-likeness (QED) is 0.762. The number of nitrogens with one attached hydrogen (secondary N) is 1. The molecule has 0 aromatic carbocycles. The van der Waals surface area contributed by atoms with Crippen LogP contribution in [0.25, 0.3) is 0 Å². The van der Waals surface area contributed by atoms with Crippen LogP contribution in [-0.2, 0) is 13.2 Å². The Bertz CT molecular complexity index is 636. The van der Waals surface area contributed by atoms with Crippen LogP contribution < -0.4 is 5.32 Å². The molecule has 22 heavy (non-hydrogen) atoms. The first-order chi connectivity index (χ1) is 10.5. The van der Waals surface area contributed by atoms with Gasteiger partial charge < -0.3 is 15.5 Å². The number of hydrogen-bond acceptors (Lipinski definition) is 6. The molecule has 2 rings (SSSR count). The molecule has 120 valence electrons. The summed E-state index contributed by atoms with van der Waals surface area (Å²) in [6.45, 7) is 8.29. The SMILES string of the molecule is CCC(NCc1c(CO)cnc(C)c1O)c1nc(C)c(C)s1. The first-order valence-electron chi connectivity index (χ1n) is 7.42. The Morgan fingerprint density at radius 1 is 1.27 bits per heavy atom. The topological polar surface area (TPSA) is 78.3 Å². The second kappa shape index (κ2) is 7.17. The Kier molecular flexibility index (Phi) is 5.50. The van der Waals surface area contributed by atoms with Crippen molar-refractivity contribution in [1.82, 2.24) is 15.3 Å². The molecule has 0 radical (unpaired) electrons. The zero-order valence-electron chi connectivity index (χ0n) is 13.5. The van der Waals surface area contributed by atoms with Gasteiger partial charge in [-0.2, -0.15) is 0 Å². The Morgan fingerprint density at radius 2 is 2.00 bits per heavy atom. The zero-order valence-corrected chi connectivity index (χ0v) is 14.3. The molecule has 2 aromatic heterocycles. The van der Waals surface area contributed by atoms with E-state index in [-0.39, 0.29) is 18.4 Å². The van der Waals surface area contributed by atoms with Gasteiger partial charge >= 0.3 is 0 Å². The summed E-state index contributed by atoms with van der Waals surface area (Å²) in [4.78, 5) is 9.92. The lowest BCUT2D eigenvalue weighted by Crippen LogP contribution is -2.21. The fourth-order valence-corrected chi connectivity index (χ4v) is 3.38. The van der Waals surface area contributed by atoms with E-state index in [2.05, 4.69) is 29.1 Å². The molecule has 3 N–H and O–H groups in total. The second-order valence-electron chi connectivity index (χ2n) is 5.39. The van der Waals surface area contributed by atoms with E-state index in [1.807, 2.05) is 6.92 Å². The molecule has 0 aliphatic heterocycles. The smallest absolute Gasteiger partial charge is 0.141 e. The molecular formula is C16H23N3O2S. The minimum atomic E-state index is -0.135. The van der Waals surface area contributed by atoms with Gasteiger partial charge in [0.2, 0.25) is 0 Å². The zero-order chi connectivity index (χ0) is 16.3. The summed E-state index contributed by atoms with van der Waals surface area (Å²) < 4.78 is 0. The molecule has 0 bridgehead atoms. The van der Waals surface area contributed by atoms with Gasteiger partial charge in [0, 0.05) is 28.7 Å². The summed E-state index contributed by atoms with van der Waals surface area (Å²) in [7, 11) is 0. The highest BCUT2D eigenvalue weighted by atomic mass is 32.1. The van der Waals surface area contributed by atoms with Crippen molar-refractivity contribution in [1.29, 1.82) is 0 Å². The summed E-state index contributed by atoms with van der Waals surface area (Å²) >= 11 is 1.70. The van der Waals surface area contributed by atoms with Gasteiger partial charge in [0.1, 0.15) is 10.8 Å². The minimum Gasteiger partial charge on any atom is -0.506 e.